The number of carbonyl (C=O) groups excluding carboxylic acids is 1. The third-order valence-corrected chi connectivity index (χ3v) is 5.61. The van der Waals surface area contributed by atoms with Gasteiger partial charge in [-0.3, -0.25) is 9.69 Å². The summed E-state index contributed by atoms with van der Waals surface area (Å²) >= 11 is 6.32. The average molecular weight is 447 g/mol. The van der Waals surface area contributed by atoms with E-state index in [9.17, 15) is 14.7 Å². The molecule has 0 aromatic heterocycles. The Kier molecular flexibility index (Phi) is 6.77. The van der Waals surface area contributed by atoms with Gasteiger partial charge in [-0.2, -0.15) is 0 Å². The molecule has 31 heavy (non-hydrogen) atoms. The van der Waals surface area contributed by atoms with E-state index in [1.807, 2.05) is 0 Å². The fourth-order valence-electron chi connectivity index (χ4n) is 3.91. The lowest BCUT2D eigenvalue weighted by Crippen LogP contribution is -2.39. The number of carboxylic acids is 1. The molecule has 1 fully saturated rings. The number of aliphatic carboxylic acids is 1. The minimum absolute atomic E-state index is 0.213. The maximum Gasteiger partial charge on any atom is 0.394 e. The lowest BCUT2D eigenvalue weighted by atomic mass is 9.84. The SMILES string of the molecule is Cc1cc(NC(=O)C(=O)O)cc(Cl)c1Oc1ccc(O)c(CN2CCCC(C)(C)C2)c1. The summed E-state index contributed by atoms with van der Waals surface area (Å²) in [5.74, 6) is -1.59. The number of benzene rings is 2. The fraction of sp³-hybridized carbons (Fsp3) is 0.391. The van der Waals surface area contributed by atoms with E-state index in [4.69, 9.17) is 21.4 Å². The van der Waals surface area contributed by atoms with E-state index in [0.717, 1.165) is 25.1 Å². The second-order valence-corrected chi connectivity index (χ2v) is 9.14. The Labute approximate surface area is 186 Å². The number of phenols is 1. The molecule has 7 nitrogen and oxygen atoms in total. The van der Waals surface area contributed by atoms with Crippen LogP contribution in [-0.4, -0.2) is 40.1 Å². The molecule has 1 saturated heterocycles. The Balaban J connectivity index is 1.78. The zero-order valence-electron chi connectivity index (χ0n) is 17.9. The van der Waals surface area contributed by atoms with Crippen LogP contribution in [0.3, 0.4) is 0 Å². The van der Waals surface area contributed by atoms with Crippen LogP contribution in [0.5, 0.6) is 17.2 Å². The molecule has 0 bridgehead atoms. The second kappa shape index (κ2) is 9.16. The number of rotatable bonds is 5. The van der Waals surface area contributed by atoms with Crippen LogP contribution in [0, 0.1) is 12.3 Å². The lowest BCUT2D eigenvalue weighted by Gasteiger charge is -2.38. The number of carboxylic acid groups (broad SMARTS) is 1. The van der Waals surface area contributed by atoms with Gasteiger partial charge < -0.3 is 20.3 Å². The van der Waals surface area contributed by atoms with Crippen LogP contribution >= 0.6 is 11.6 Å². The van der Waals surface area contributed by atoms with Gasteiger partial charge in [-0.1, -0.05) is 25.4 Å². The van der Waals surface area contributed by atoms with Crippen LogP contribution in [0.2, 0.25) is 5.02 Å². The molecule has 1 aliphatic rings. The molecule has 1 heterocycles. The molecule has 3 N–H and O–H groups in total. The van der Waals surface area contributed by atoms with Crippen LogP contribution in [0.25, 0.3) is 0 Å². The number of carbonyl (C=O) groups is 2. The zero-order valence-corrected chi connectivity index (χ0v) is 18.6. The highest BCUT2D eigenvalue weighted by atomic mass is 35.5. The standard InChI is InChI=1S/C23H27ClN2O5/c1-14-9-16(25-21(28)22(29)30)11-18(24)20(14)31-17-5-6-19(27)15(10-17)12-26-8-4-7-23(2,3)13-26/h5-6,9-11,27H,4,7-8,12-13H2,1-3H3,(H,25,28)(H,29,30). The van der Waals surface area contributed by atoms with Gasteiger partial charge in [0.25, 0.3) is 0 Å². The number of amides is 1. The van der Waals surface area contributed by atoms with Gasteiger partial charge in [-0.05, 0) is 67.6 Å². The van der Waals surface area contributed by atoms with Crippen molar-refractivity contribution in [2.75, 3.05) is 18.4 Å². The molecule has 8 heteroatoms. The number of anilines is 1. The smallest absolute Gasteiger partial charge is 0.394 e. The molecule has 3 rings (SSSR count). The van der Waals surface area contributed by atoms with Crippen LogP contribution in [0.4, 0.5) is 5.69 Å². The molecule has 0 aliphatic carbocycles. The molecule has 1 aliphatic heterocycles. The number of likely N-dealkylation sites (tertiary alicyclic amines) is 1. The highest BCUT2D eigenvalue weighted by molar-refractivity contribution is 6.37. The minimum atomic E-state index is -1.58. The number of piperidine rings is 1. The number of nitrogens with one attached hydrogen (secondary N) is 1. The fourth-order valence-corrected chi connectivity index (χ4v) is 4.21. The van der Waals surface area contributed by atoms with Crippen molar-refractivity contribution in [3.63, 3.8) is 0 Å². The van der Waals surface area contributed by atoms with Gasteiger partial charge in [0, 0.05) is 24.3 Å². The Morgan fingerprint density at radius 2 is 2.00 bits per heavy atom. The van der Waals surface area contributed by atoms with Crippen molar-refractivity contribution in [2.45, 2.75) is 40.2 Å². The summed E-state index contributed by atoms with van der Waals surface area (Å²) in [6.07, 6.45) is 2.32. The van der Waals surface area contributed by atoms with Crippen LogP contribution in [0.1, 0.15) is 37.8 Å². The van der Waals surface area contributed by atoms with Crippen LogP contribution in [0.15, 0.2) is 30.3 Å². The van der Waals surface area contributed by atoms with Crippen molar-refractivity contribution < 1.29 is 24.5 Å². The number of aromatic hydroxyl groups is 1. The van der Waals surface area contributed by atoms with Crippen LogP contribution < -0.4 is 10.1 Å². The van der Waals surface area contributed by atoms with Crippen molar-refractivity contribution in [1.29, 1.82) is 0 Å². The summed E-state index contributed by atoms with van der Waals surface area (Å²) < 4.78 is 5.98. The summed E-state index contributed by atoms with van der Waals surface area (Å²) in [7, 11) is 0. The number of hydrogen-bond donors (Lipinski definition) is 3. The molecular weight excluding hydrogens is 420 g/mol. The number of ether oxygens (including phenoxy) is 1. The summed E-state index contributed by atoms with van der Waals surface area (Å²) in [5, 5.41) is 21.6. The van der Waals surface area contributed by atoms with E-state index in [-0.39, 0.29) is 21.9 Å². The van der Waals surface area contributed by atoms with Gasteiger partial charge in [-0.15, -0.1) is 0 Å². The number of phenolic OH excluding ortho intramolecular Hbond substituents is 1. The average Bonchev–Trinajstić information content (AvgIpc) is 2.66. The molecule has 1 amide bonds. The van der Waals surface area contributed by atoms with E-state index in [0.29, 0.717) is 23.6 Å². The molecule has 0 atom stereocenters. The van der Waals surface area contributed by atoms with Crippen molar-refractivity contribution in [3.8, 4) is 17.2 Å². The first-order valence-corrected chi connectivity index (χ1v) is 10.5. The Hall–Kier alpha value is -2.77. The van der Waals surface area contributed by atoms with E-state index in [2.05, 4.69) is 24.1 Å². The van der Waals surface area contributed by atoms with E-state index in [1.54, 1.807) is 31.2 Å². The van der Waals surface area contributed by atoms with Gasteiger partial charge in [0.15, 0.2) is 0 Å². The monoisotopic (exact) mass is 446 g/mol. The van der Waals surface area contributed by atoms with Gasteiger partial charge in [-0.25, -0.2) is 4.79 Å². The van der Waals surface area contributed by atoms with Crippen molar-refractivity contribution in [1.82, 2.24) is 4.90 Å². The number of aryl methyl sites for hydroxylation is 1. The molecule has 0 unspecified atom stereocenters. The summed E-state index contributed by atoms with van der Waals surface area (Å²) in [4.78, 5) is 24.4. The van der Waals surface area contributed by atoms with E-state index >= 15 is 0 Å². The predicted octanol–water partition coefficient (Wildman–Crippen LogP) is 4.79. The first kappa shape index (κ1) is 22.9. The first-order valence-electron chi connectivity index (χ1n) is 10.1. The Bertz CT molecular complexity index is 982. The van der Waals surface area contributed by atoms with Crippen molar-refractivity contribution in [3.05, 3.63) is 46.5 Å². The lowest BCUT2D eigenvalue weighted by molar-refractivity contribution is -0.147. The molecule has 166 valence electrons. The van der Waals surface area contributed by atoms with Crippen molar-refractivity contribution in [2.24, 2.45) is 5.41 Å². The minimum Gasteiger partial charge on any atom is -0.508 e. The van der Waals surface area contributed by atoms with Gasteiger partial charge >= 0.3 is 11.9 Å². The highest BCUT2D eigenvalue weighted by Gasteiger charge is 2.26. The molecule has 0 radical (unpaired) electrons. The normalized spacial score (nSPS) is 16.0. The van der Waals surface area contributed by atoms with Gasteiger partial charge in [0.1, 0.15) is 17.2 Å². The topological polar surface area (TPSA) is 99.1 Å². The third kappa shape index (κ3) is 5.89. The first-order chi connectivity index (χ1) is 14.5. The maximum atomic E-state index is 11.4. The third-order valence-electron chi connectivity index (χ3n) is 5.33. The maximum absolute atomic E-state index is 11.4. The molecule has 0 spiro atoms. The summed E-state index contributed by atoms with van der Waals surface area (Å²) in [6, 6.07) is 8.08. The van der Waals surface area contributed by atoms with Gasteiger partial charge in [0.2, 0.25) is 0 Å². The molecule has 0 saturated carbocycles. The van der Waals surface area contributed by atoms with E-state index in [1.165, 1.54) is 12.5 Å². The molecule has 2 aromatic rings. The van der Waals surface area contributed by atoms with Crippen LogP contribution in [-0.2, 0) is 16.1 Å². The Morgan fingerprint density at radius 3 is 2.65 bits per heavy atom. The summed E-state index contributed by atoms with van der Waals surface area (Å²) in [6.45, 7) is 8.83. The highest BCUT2D eigenvalue weighted by Crippen LogP contribution is 2.37. The molecule has 2 aromatic carbocycles. The zero-order chi connectivity index (χ0) is 22.8. The van der Waals surface area contributed by atoms with Gasteiger partial charge in [0.05, 0.1) is 5.02 Å². The number of halogens is 1. The second-order valence-electron chi connectivity index (χ2n) is 8.73. The summed E-state index contributed by atoms with van der Waals surface area (Å²) in [5.41, 5.74) is 1.92. The Morgan fingerprint density at radius 1 is 1.26 bits per heavy atom. The number of nitrogens with zero attached hydrogens (tertiary/aromatic N) is 1. The van der Waals surface area contributed by atoms with E-state index < -0.39 is 11.9 Å². The molecular formula is C23H27ClN2O5. The number of hydrogen-bond acceptors (Lipinski definition) is 5. The quantitative estimate of drug-likeness (QED) is 0.571. The largest absolute Gasteiger partial charge is 0.508 e. The van der Waals surface area contributed by atoms with Crippen molar-refractivity contribution >= 4 is 29.2 Å². The predicted molar refractivity (Wildman–Crippen MR) is 119 cm³/mol.